The number of nitrogens with zero attached hydrogens (tertiary/aromatic N) is 2. The quantitative estimate of drug-likeness (QED) is 0.546. The van der Waals surface area contributed by atoms with Crippen LogP contribution in [0, 0.1) is 5.92 Å². The maximum atomic E-state index is 5.57. The second-order valence-electron chi connectivity index (χ2n) is 8.08. The van der Waals surface area contributed by atoms with E-state index in [2.05, 4.69) is 43.5 Å². The molecule has 2 fully saturated rings. The number of hydrogen-bond acceptors (Lipinski definition) is 3. The second kappa shape index (κ2) is 10.4. The van der Waals surface area contributed by atoms with Gasteiger partial charge in [-0.15, -0.1) is 0 Å². The predicted molar refractivity (Wildman–Crippen MR) is 106 cm³/mol. The van der Waals surface area contributed by atoms with Crippen LogP contribution in [0.3, 0.4) is 0 Å². The first-order chi connectivity index (χ1) is 12.1. The van der Waals surface area contributed by atoms with E-state index in [0.29, 0.717) is 6.04 Å². The first-order valence-corrected chi connectivity index (χ1v) is 10.4. The lowest BCUT2D eigenvalue weighted by molar-refractivity contribution is -0.00255. The third-order valence-electron chi connectivity index (χ3n) is 6.13. The highest BCUT2D eigenvalue weighted by molar-refractivity contribution is 5.80. The summed E-state index contributed by atoms with van der Waals surface area (Å²) in [6, 6.07) is 0.580. The van der Waals surface area contributed by atoms with E-state index in [1.165, 1.54) is 38.5 Å². The summed E-state index contributed by atoms with van der Waals surface area (Å²) in [7, 11) is 4.35. The van der Waals surface area contributed by atoms with Crippen LogP contribution in [0.15, 0.2) is 4.99 Å². The fourth-order valence-electron chi connectivity index (χ4n) is 4.24. The standard InChI is InChI=1S/C20H40N4O/c1-5-7-17-8-10-18(11-9-17)23-19(21-6-2)22-16-20(24(3)4)12-14-25-15-13-20/h17-18H,5-16H2,1-4H3,(H2,21,22,23). The summed E-state index contributed by atoms with van der Waals surface area (Å²) in [4.78, 5) is 7.32. The SMILES string of the molecule is CCCC1CCC(NC(=NCC2(N(C)C)CCOCC2)NCC)CC1. The van der Waals surface area contributed by atoms with E-state index >= 15 is 0 Å². The van der Waals surface area contributed by atoms with Crippen LogP contribution in [-0.4, -0.2) is 62.8 Å². The van der Waals surface area contributed by atoms with Crippen molar-refractivity contribution in [2.75, 3.05) is 40.4 Å². The van der Waals surface area contributed by atoms with Crippen molar-refractivity contribution in [3.05, 3.63) is 0 Å². The topological polar surface area (TPSA) is 48.9 Å². The third kappa shape index (κ3) is 6.14. The molecule has 2 aliphatic rings. The van der Waals surface area contributed by atoms with Crippen LogP contribution >= 0.6 is 0 Å². The fraction of sp³-hybridized carbons (Fsp3) is 0.950. The molecule has 0 amide bonds. The highest BCUT2D eigenvalue weighted by Gasteiger charge is 2.34. The Hall–Kier alpha value is -0.810. The zero-order chi connectivity index (χ0) is 18.1. The molecule has 2 N–H and O–H groups in total. The molecule has 1 aliphatic heterocycles. The van der Waals surface area contributed by atoms with E-state index < -0.39 is 0 Å². The first-order valence-electron chi connectivity index (χ1n) is 10.4. The Morgan fingerprint density at radius 3 is 2.36 bits per heavy atom. The molecule has 2 rings (SSSR count). The number of aliphatic imine (C=N–C) groups is 1. The van der Waals surface area contributed by atoms with Crippen molar-refractivity contribution >= 4 is 5.96 Å². The molecule has 0 radical (unpaired) electrons. The minimum Gasteiger partial charge on any atom is -0.381 e. The fourth-order valence-corrected chi connectivity index (χ4v) is 4.24. The Kier molecular flexibility index (Phi) is 8.50. The number of likely N-dealkylation sites (N-methyl/N-ethyl adjacent to an activating group) is 1. The van der Waals surface area contributed by atoms with Gasteiger partial charge in [0, 0.05) is 31.3 Å². The van der Waals surface area contributed by atoms with Crippen LogP contribution in [-0.2, 0) is 4.74 Å². The number of hydrogen-bond donors (Lipinski definition) is 2. The Balaban J connectivity index is 1.91. The van der Waals surface area contributed by atoms with Crippen molar-refractivity contribution < 1.29 is 4.74 Å². The van der Waals surface area contributed by atoms with Gasteiger partial charge in [-0.2, -0.15) is 0 Å². The molecule has 1 heterocycles. The van der Waals surface area contributed by atoms with Gasteiger partial charge in [0.2, 0.25) is 0 Å². The summed E-state index contributed by atoms with van der Waals surface area (Å²) in [6.07, 6.45) is 10.1. The minimum absolute atomic E-state index is 0.138. The van der Waals surface area contributed by atoms with E-state index in [1.807, 2.05) is 0 Å². The van der Waals surface area contributed by atoms with Crippen molar-refractivity contribution in [2.24, 2.45) is 10.9 Å². The van der Waals surface area contributed by atoms with Crippen LogP contribution in [0.4, 0.5) is 0 Å². The van der Waals surface area contributed by atoms with E-state index in [9.17, 15) is 0 Å². The molecule has 0 aromatic carbocycles. The average molecular weight is 353 g/mol. The van der Waals surface area contributed by atoms with Gasteiger partial charge in [0.05, 0.1) is 6.54 Å². The molecule has 0 aromatic rings. The van der Waals surface area contributed by atoms with Gasteiger partial charge in [-0.25, -0.2) is 0 Å². The highest BCUT2D eigenvalue weighted by atomic mass is 16.5. The predicted octanol–water partition coefficient (Wildman–Crippen LogP) is 3.01. The minimum atomic E-state index is 0.138. The Bertz CT molecular complexity index is 397. The average Bonchev–Trinajstić information content (AvgIpc) is 2.62. The molecule has 25 heavy (non-hydrogen) atoms. The van der Waals surface area contributed by atoms with Crippen molar-refractivity contribution in [1.29, 1.82) is 0 Å². The lowest BCUT2D eigenvalue weighted by Crippen LogP contribution is -2.52. The van der Waals surface area contributed by atoms with Crippen LogP contribution in [0.25, 0.3) is 0 Å². The van der Waals surface area contributed by atoms with E-state index in [0.717, 1.165) is 51.0 Å². The van der Waals surface area contributed by atoms with Gasteiger partial charge in [0.1, 0.15) is 0 Å². The van der Waals surface area contributed by atoms with Crippen LogP contribution < -0.4 is 10.6 Å². The molecule has 0 atom stereocenters. The normalized spacial score (nSPS) is 27.3. The van der Waals surface area contributed by atoms with Crippen LogP contribution in [0.5, 0.6) is 0 Å². The van der Waals surface area contributed by atoms with Gasteiger partial charge < -0.3 is 20.3 Å². The molecule has 1 aliphatic carbocycles. The van der Waals surface area contributed by atoms with Gasteiger partial charge in [-0.3, -0.25) is 4.99 Å². The second-order valence-corrected chi connectivity index (χ2v) is 8.08. The molecular formula is C20H40N4O. The Morgan fingerprint density at radius 2 is 1.80 bits per heavy atom. The van der Waals surface area contributed by atoms with Crippen molar-refractivity contribution in [3.63, 3.8) is 0 Å². The molecule has 1 saturated carbocycles. The lowest BCUT2D eigenvalue weighted by Gasteiger charge is -2.41. The molecule has 0 spiro atoms. The largest absolute Gasteiger partial charge is 0.381 e. The number of ether oxygens (including phenoxy) is 1. The van der Waals surface area contributed by atoms with Gasteiger partial charge in [-0.05, 0) is 65.5 Å². The van der Waals surface area contributed by atoms with E-state index in [-0.39, 0.29) is 5.54 Å². The number of rotatable bonds is 7. The molecule has 5 nitrogen and oxygen atoms in total. The summed E-state index contributed by atoms with van der Waals surface area (Å²) in [6.45, 7) is 7.89. The Morgan fingerprint density at radius 1 is 1.12 bits per heavy atom. The lowest BCUT2D eigenvalue weighted by atomic mass is 9.83. The van der Waals surface area contributed by atoms with E-state index in [1.54, 1.807) is 0 Å². The summed E-state index contributed by atoms with van der Waals surface area (Å²) >= 11 is 0. The third-order valence-corrected chi connectivity index (χ3v) is 6.13. The van der Waals surface area contributed by atoms with Crippen LogP contribution in [0.1, 0.15) is 65.2 Å². The first kappa shape index (κ1) is 20.5. The van der Waals surface area contributed by atoms with E-state index in [4.69, 9.17) is 9.73 Å². The molecule has 1 saturated heterocycles. The Labute approximate surface area is 155 Å². The smallest absolute Gasteiger partial charge is 0.191 e. The van der Waals surface area contributed by atoms with Crippen LogP contribution in [0.2, 0.25) is 0 Å². The summed E-state index contributed by atoms with van der Waals surface area (Å²) < 4.78 is 5.57. The van der Waals surface area contributed by atoms with Gasteiger partial charge >= 0.3 is 0 Å². The monoisotopic (exact) mass is 352 g/mol. The van der Waals surface area contributed by atoms with Crippen molar-refractivity contribution in [2.45, 2.75) is 76.8 Å². The molecule has 0 bridgehead atoms. The van der Waals surface area contributed by atoms with Crippen molar-refractivity contribution in [3.8, 4) is 0 Å². The van der Waals surface area contributed by atoms with Gasteiger partial charge in [0.15, 0.2) is 5.96 Å². The summed E-state index contributed by atoms with van der Waals surface area (Å²) in [5.41, 5.74) is 0.138. The molecule has 0 unspecified atom stereocenters. The number of guanidine groups is 1. The van der Waals surface area contributed by atoms with Gasteiger partial charge in [-0.1, -0.05) is 19.8 Å². The van der Waals surface area contributed by atoms with Crippen molar-refractivity contribution in [1.82, 2.24) is 15.5 Å². The molecule has 0 aromatic heterocycles. The summed E-state index contributed by atoms with van der Waals surface area (Å²) in [5.74, 6) is 1.94. The highest BCUT2D eigenvalue weighted by Crippen LogP contribution is 2.28. The van der Waals surface area contributed by atoms with Gasteiger partial charge in [0.25, 0.3) is 0 Å². The molecule has 5 heteroatoms. The molecular weight excluding hydrogens is 312 g/mol. The maximum Gasteiger partial charge on any atom is 0.191 e. The zero-order valence-electron chi connectivity index (χ0n) is 16.9. The summed E-state index contributed by atoms with van der Waals surface area (Å²) in [5, 5.41) is 7.16. The number of nitrogens with one attached hydrogen (secondary N) is 2. The molecule has 146 valence electrons. The zero-order valence-corrected chi connectivity index (χ0v) is 16.9. The maximum absolute atomic E-state index is 5.57.